The minimum Gasteiger partial charge on any atom is -0.457 e. The lowest BCUT2D eigenvalue weighted by Crippen LogP contribution is -2.08. The first-order valence-corrected chi connectivity index (χ1v) is 18.8. The predicted molar refractivity (Wildman–Crippen MR) is 224 cm³/mol. The second-order valence-corrected chi connectivity index (χ2v) is 14.7. The highest BCUT2D eigenvalue weighted by Gasteiger charge is 2.28. The van der Waals surface area contributed by atoms with Crippen molar-refractivity contribution in [3.63, 3.8) is 0 Å². The Morgan fingerprint density at radius 3 is 2.13 bits per heavy atom. The Morgan fingerprint density at radius 1 is 0.604 bits per heavy atom. The van der Waals surface area contributed by atoms with Crippen molar-refractivity contribution in [1.82, 2.24) is 0 Å². The van der Waals surface area contributed by atoms with Gasteiger partial charge in [-0.25, -0.2) is 0 Å². The van der Waals surface area contributed by atoms with Gasteiger partial charge in [-0.05, 0) is 58.1 Å². The fourth-order valence-corrected chi connectivity index (χ4v) is 9.35. The van der Waals surface area contributed by atoms with Crippen LogP contribution >= 0.6 is 11.3 Å². The van der Waals surface area contributed by atoms with Gasteiger partial charge in [-0.2, -0.15) is 0 Å². The first kappa shape index (κ1) is 31.3. The summed E-state index contributed by atoms with van der Waals surface area (Å²) in [5.74, 6) is 1.23. The average molecular weight is 699 g/mol. The zero-order chi connectivity index (χ0) is 35.5. The topological polar surface area (TPSA) is 22.4 Å². The van der Waals surface area contributed by atoms with E-state index in [-0.39, 0.29) is 5.92 Å². The van der Waals surface area contributed by atoms with E-state index in [1.54, 1.807) is 0 Å². The van der Waals surface area contributed by atoms with Crippen molar-refractivity contribution in [2.75, 3.05) is 0 Å². The Kier molecular flexibility index (Phi) is 7.48. The standard InChI is InChI=1S/C50H34O2S/c1-31-47-41-20-8-10-24-44(41)52-45(47)30-43(49(31)51-32(2)33-14-4-3-5-15-33)48(42-23-13-22-40-39-19-9-11-25-46(39)53-50(40)42)36-28-26-35(27-29-36)38-21-12-17-34-16-6-7-18-37(34)38/h3-30,48H,2H2,1H3. The highest BCUT2D eigenvalue weighted by Crippen LogP contribution is 2.49. The number of hydrogen-bond donors (Lipinski definition) is 0. The van der Waals surface area contributed by atoms with E-state index in [2.05, 4.69) is 141 Å². The summed E-state index contributed by atoms with van der Waals surface area (Å²) in [5.41, 5.74) is 9.51. The van der Waals surface area contributed by atoms with Gasteiger partial charge < -0.3 is 9.15 Å². The van der Waals surface area contributed by atoms with Gasteiger partial charge in [0.2, 0.25) is 0 Å². The smallest absolute Gasteiger partial charge is 0.136 e. The third-order valence-corrected chi connectivity index (χ3v) is 11.8. The van der Waals surface area contributed by atoms with Gasteiger partial charge in [0.25, 0.3) is 0 Å². The molecule has 2 nitrogen and oxygen atoms in total. The second kappa shape index (κ2) is 12.7. The fraction of sp³-hybridized carbons (Fsp3) is 0.0400. The molecule has 0 aliphatic rings. The Hall–Kier alpha value is -6.42. The molecule has 1 atom stereocenters. The molecule has 0 aliphatic carbocycles. The largest absolute Gasteiger partial charge is 0.457 e. The lowest BCUT2D eigenvalue weighted by atomic mass is 9.82. The van der Waals surface area contributed by atoms with E-state index in [4.69, 9.17) is 9.15 Å². The summed E-state index contributed by atoms with van der Waals surface area (Å²) in [7, 11) is 0. The molecule has 0 aliphatic heterocycles. The second-order valence-electron chi connectivity index (χ2n) is 13.7. The zero-order valence-electron chi connectivity index (χ0n) is 29.2. The molecule has 0 spiro atoms. The molecule has 0 N–H and O–H groups in total. The van der Waals surface area contributed by atoms with Crippen molar-refractivity contribution < 1.29 is 9.15 Å². The maximum Gasteiger partial charge on any atom is 0.136 e. The summed E-state index contributed by atoms with van der Waals surface area (Å²) in [4.78, 5) is 0. The maximum absolute atomic E-state index is 6.99. The Labute approximate surface area is 311 Å². The van der Waals surface area contributed by atoms with Crippen LogP contribution in [0.4, 0.5) is 0 Å². The fourth-order valence-electron chi connectivity index (χ4n) is 8.10. The summed E-state index contributed by atoms with van der Waals surface area (Å²) in [6.07, 6.45) is 0. The van der Waals surface area contributed by atoms with Gasteiger partial charge in [0.05, 0.1) is 0 Å². The lowest BCUT2D eigenvalue weighted by molar-refractivity contribution is 0.504. The molecule has 0 radical (unpaired) electrons. The summed E-state index contributed by atoms with van der Waals surface area (Å²) in [6, 6.07) is 60.3. The van der Waals surface area contributed by atoms with E-state index in [1.807, 2.05) is 53.8 Å². The predicted octanol–water partition coefficient (Wildman–Crippen LogP) is 14.3. The number of hydrogen-bond acceptors (Lipinski definition) is 3. The molecule has 10 aromatic rings. The number of thiophene rings is 1. The summed E-state index contributed by atoms with van der Waals surface area (Å²) in [6.45, 7) is 6.60. The van der Waals surface area contributed by atoms with Crippen LogP contribution < -0.4 is 4.74 Å². The van der Waals surface area contributed by atoms with E-state index in [0.29, 0.717) is 5.76 Å². The van der Waals surface area contributed by atoms with Crippen LogP contribution in [0, 0.1) is 6.92 Å². The van der Waals surface area contributed by atoms with Crippen molar-refractivity contribution in [3.8, 4) is 16.9 Å². The molecule has 8 aromatic carbocycles. The van der Waals surface area contributed by atoms with Crippen LogP contribution in [-0.2, 0) is 0 Å². The van der Waals surface area contributed by atoms with Gasteiger partial charge in [0.15, 0.2) is 0 Å². The van der Waals surface area contributed by atoms with Crippen molar-refractivity contribution in [2.24, 2.45) is 0 Å². The van der Waals surface area contributed by atoms with Crippen LogP contribution in [0.5, 0.6) is 5.75 Å². The van der Waals surface area contributed by atoms with E-state index in [1.165, 1.54) is 53.2 Å². The minimum absolute atomic E-state index is 0.178. The quantitative estimate of drug-likeness (QED) is 0.122. The van der Waals surface area contributed by atoms with Crippen molar-refractivity contribution in [3.05, 3.63) is 204 Å². The third kappa shape index (κ3) is 5.24. The first-order chi connectivity index (χ1) is 26.1. The van der Waals surface area contributed by atoms with Gasteiger partial charge in [0.1, 0.15) is 22.7 Å². The van der Waals surface area contributed by atoms with Gasteiger partial charge in [-0.15, -0.1) is 11.3 Å². The Balaban J connectivity index is 1.24. The van der Waals surface area contributed by atoms with Crippen LogP contribution in [0.3, 0.4) is 0 Å². The number of rotatable bonds is 7. The van der Waals surface area contributed by atoms with Crippen LogP contribution in [0.15, 0.2) is 181 Å². The molecule has 53 heavy (non-hydrogen) atoms. The first-order valence-electron chi connectivity index (χ1n) is 18.0. The molecular weight excluding hydrogens is 665 g/mol. The van der Waals surface area contributed by atoms with Crippen molar-refractivity contribution in [2.45, 2.75) is 12.8 Å². The number of para-hydroxylation sites is 1. The normalized spacial score (nSPS) is 12.2. The molecule has 0 saturated heterocycles. The van der Waals surface area contributed by atoms with Crippen LogP contribution in [0.2, 0.25) is 0 Å². The highest BCUT2D eigenvalue weighted by molar-refractivity contribution is 7.26. The molecule has 10 rings (SSSR count). The van der Waals surface area contributed by atoms with Gasteiger partial charge in [0, 0.05) is 53.6 Å². The zero-order valence-corrected chi connectivity index (χ0v) is 30.0. The third-order valence-electron chi connectivity index (χ3n) is 10.6. The molecule has 0 bridgehead atoms. The average Bonchev–Trinajstić information content (AvgIpc) is 3.79. The summed E-state index contributed by atoms with van der Waals surface area (Å²) < 4.78 is 16.2. The Morgan fingerprint density at radius 2 is 1.28 bits per heavy atom. The minimum atomic E-state index is -0.178. The monoisotopic (exact) mass is 698 g/mol. The van der Waals surface area contributed by atoms with E-state index in [0.717, 1.165) is 44.4 Å². The van der Waals surface area contributed by atoms with E-state index >= 15 is 0 Å². The number of fused-ring (bicyclic) bond motifs is 7. The van der Waals surface area contributed by atoms with E-state index < -0.39 is 0 Å². The molecule has 2 aromatic heterocycles. The molecular formula is C50H34O2S. The molecule has 2 heterocycles. The molecule has 0 amide bonds. The number of benzene rings is 8. The van der Waals surface area contributed by atoms with Gasteiger partial charge in [-0.3, -0.25) is 0 Å². The summed E-state index contributed by atoms with van der Waals surface area (Å²) in [5, 5.41) is 7.15. The molecule has 252 valence electrons. The highest BCUT2D eigenvalue weighted by atomic mass is 32.1. The molecule has 3 heteroatoms. The van der Waals surface area contributed by atoms with Gasteiger partial charge in [-0.1, -0.05) is 158 Å². The van der Waals surface area contributed by atoms with Gasteiger partial charge >= 0.3 is 0 Å². The molecule has 0 fully saturated rings. The maximum atomic E-state index is 6.99. The Bertz CT molecular complexity index is 3000. The number of ether oxygens (including phenoxy) is 1. The van der Waals surface area contributed by atoms with Crippen molar-refractivity contribution >= 4 is 70.0 Å². The lowest BCUT2D eigenvalue weighted by Gasteiger charge is -2.25. The molecule has 0 saturated carbocycles. The van der Waals surface area contributed by atoms with Crippen LogP contribution in [0.1, 0.15) is 33.7 Å². The number of furan rings is 1. The number of aryl methyl sites for hydroxylation is 1. The molecule has 1 unspecified atom stereocenters. The summed E-state index contributed by atoms with van der Waals surface area (Å²) >= 11 is 1.85. The SMILES string of the molecule is C=C(Oc1c(C(c2ccc(-c3cccc4ccccc34)cc2)c2cccc3c2sc2ccccc23)cc2oc3ccccc3c2c1C)c1ccccc1. The van der Waals surface area contributed by atoms with Crippen LogP contribution in [-0.4, -0.2) is 0 Å². The van der Waals surface area contributed by atoms with Crippen LogP contribution in [0.25, 0.3) is 69.8 Å². The van der Waals surface area contributed by atoms with E-state index in [9.17, 15) is 0 Å². The van der Waals surface area contributed by atoms with Crippen molar-refractivity contribution in [1.29, 1.82) is 0 Å².